The van der Waals surface area contributed by atoms with Crippen LogP contribution in [-0.2, 0) is 16.0 Å². The van der Waals surface area contributed by atoms with Gasteiger partial charge in [-0.05, 0) is 24.1 Å². The maximum Gasteiger partial charge on any atom is 0.227 e. The minimum Gasteiger partial charge on any atom is -0.335 e. The van der Waals surface area contributed by atoms with Crippen molar-refractivity contribution in [3.8, 4) is 0 Å². The second kappa shape index (κ2) is 4.88. The third-order valence-electron chi connectivity index (χ3n) is 3.55. The summed E-state index contributed by atoms with van der Waals surface area (Å²) in [5, 5.41) is 0. The predicted molar refractivity (Wildman–Crippen MR) is 67.9 cm³/mol. The van der Waals surface area contributed by atoms with E-state index >= 15 is 0 Å². The lowest BCUT2D eigenvalue weighted by Gasteiger charge is -2.35. The zero-order chi connectivity index (χ0) is 13.2. The van der Waals surface area contributed by atoms with Gasteiger partial charge in [0.25, 0.3) is 0 Å². The summed E-state index contributed by atoms with van der Waals surface area (Å²) in [7, 11) is 0. The van der Waals surface area contributed by atoms with Crippen molar-refractivity contribution in [3.05, 3.63) is 30.1 Å². The molecule has 1 saturated heterocycles. The molecule has 1 aromatic rings. The fraction of sp³-hybridized carbons (Fsp3) is 0.500. The molecule has 0 atom stereocenters. The molecule has 0 aliphatic carbocycles. The van der Waals surface area contributed by atoms with Crippen molar-refractivity contribution in [1.29, 1.82) is 0 Å². The highest BCUT2D eigenvalue weighted by molar-refractivity contribution is 5.91. The molecule has 0 bridgehead atoms. The fourth-order valence-corrected chi connectivity index (χ4v) is 2.02. The van der Waals surface area contributed by atoms with E-state index in [1.165, 1.54) is 0 Å². The summed E-state index contributed by atoms with van der Waals surface area (Å²) >= 11 is 0. The van der Waals surface area contributed by atoms with Crippen LogP contribution < -0.4 is 0 Å². The quantitative estimate of drug-likeness (QED) is 0.793. The molecule has 1 aromatic heterocycles. The highest BCUT2D eigenvalue weighted by Gasteiger charge is 2.35. The van der Waals surface area contributed by atoms with Gasteiger partial charge in [-0.1, -0.05) is 13.8 Å². The van der Waals surface area contributed by atoms with Crippen molar-refractivity contribution in [2.24, 2.45) is 5.41 Å². The molecule has 0 saturated carbocycles. The third kappa shape index (κ3) is 2.75. The number of ketones is 1. The molecule has 0 spiro atoms. The number of pyridine rings is 1. The van der Waals surface area contributed by atoms with Gasteiger partial charge in [-0.25, -0.2) is 0 Å². The Morgan fingerprint density at radius 2 is 2.06 bits per heavy atom. The van der Waals surface area contributed by atoms with E-state index in [-0.39, 0.29) is 23.7 Å². The van der Waals surface area contributed by atoms with Crippen molar-refractivity contribution in [3.63, 3.8) is 0 Å². The Hall–Kier alpha value is -1.71. The van der Waals surface area contributed by atoms with E-state index in [4.69, 9.17) is 0 Å². The van der Waals surface area contributed by atoms with Gasteiger partial charge in [-0.15, -0.1) is 0 Å². The van der Waals surface area contributed by atoms with Crippen molar-refractivity contribution in [1.82, 2.24) is 9.88 Å². The Kier molecular flexibility index (Phi) is 3.45. The summed E-state index contributed by atoms with van der Waals surface area (Å²) in [4.78, 5) is 29.5. The lowest BCUT2D eigenvalue weighted by Crippen LogP contribution is -2.48. The SMILES string of the molecule is CC1(C)CCN(C(=O)Cc2ccncc2)CC1=O. The van der Waals surface area contributed by atoms with Crippen LogP contribution in [0, 0.1) is 5.41 Å². The Bertz CT molecular complexity index is 454. The first-order valence-corrected chi connectivity index (χ1v) is 6.19. The number of likely N-dealkylation sites (tertiary alicyclic amines) is 1. The zero-order valence-electron chi connectivity index (χ0n) is 10.8. The molecule has 1 amide bonds. The molecule has 0 aromatic carbocycles. The van der Waals surface area contributed by atoms with Crippen LogP contribution in [0.3, 0.4) is 0 Å². The Labute approximate surface area is 107 Å². The van der Waals surface area contributed by atoms with Gasteiger partial charge in [0.05, 0.1) is 13.0 Å². The number of nitrogens with zero attached hydrogens (tertiary/aromatic N) is 2. The van der Waals surface area contributed by atoms with E-state index in [9.17, 15) is 9.59 Å². The van der Waals surface area contributed by atoms with Crippen LogP contribution >= 0.6 is 0 Å². The van der Waals surface area contributed by atoms with Crippen LogP contribution in [0.15, 0.2) is 24.5 Å². The minimum atomic E-state index is -0.284. The lowest BCUT2D eigenvalue weighted by molar-refractivity contribution is -0.142. The van der Waals surface area contributed by atoms with E-state index in [1.54, 1.807) is 17.3 Å². The average molecular weight is 246 g/mol. The van der Waals surface area contributed by atoms with Gasteiger partial charge in [-0.3, -0.25) is 14.6 Å². The summed E-state index contributed by atoms with van der Waals surface area (Å²) < 4.78 is 0. The molecule has 4 nitrogen and oxygen atoms in total. The number of carbonyl (C=O) groups excluding carboxylic acids is 2. The standard InChI is InChI=1S/C14H18N2O2/c1-14(2)5-8-16(10-12(14)17)13(18)9-11-3-6-15-7-4-11/h3-4,6-7H,5,8-10H2,1-2H3. The van der Waals surface area contributed by atoms with Gasteiger partial charge in [0, 0.05) is 24.4 Å². The lowest BCUT2D eigenvalue weighted by atomic mass is 9.81. The maximum absolute atomic E-state index is 12.1. The summed E-state index contributed by atoms with van der Waals surface area (Å²) in [6, 6.07) is 3.65. The molecule has 0 radical (unpaired) electrons. The Morgan fingerprint density at radius 1 is 1.39 bits per heavy atom. The number of rotatable bonds is 2. The number of piperidine rings is 1. The second-order valence-electron chi connectivity index (χ2n) is 5.40. The highest BCUT2D eigenvalue weighted by Crippen LogP contribution is 2.26. The largest absolute Gasteiger partial charge is 0.335 e. The molecule has 4 heteroatoms. The summed E-state index contributed by atoms with van der Waals surface area (Å²) in [5.41, 5.74) is 0.653. The Balaban J connectivity index is 1.97. The van der Waals surface area contributed by atoms with Crippen molar-refractivity contribution >= 4 is 11.7 Å². The van der Waals surface area contributed by atoms with E-state index in [0.717, 1.165) is 12.0 Å². The molecule has 0 N–H and O–H groups in total. The number of hydrogen-bond donors (Lipinski definition) is 0. The van der Waals surface area contributed by atoms with E-state index in [0.29, 0.717) is 13.0 Å². The molecular weight excluding hydrogens is 228 g/mol. The summed E-state index contributed by atoms with van der Waals surface area (Å²) in [6.45, 7) is 4.81. The first-order chi connectivity index (χ1) is 8.49. The van der Waals surface area contributed by atoms with Crippen molar-refractivity contribution < 1.29 is 9.59 Å². The molecule has 2 rings (SSSR count). The molecule has 18 heavy (non-hydrogen) atoms. The highest BCUT2D eigenvalue weighted by atomic mass is 16.2. The van der Waals surface area contributed by atoms with Gasteiger partial charge < -0.3 is 4.90 Å². The molecule has 1 aliphatic rings. The molecule has 0 unspecified atom stereocenters. The van der Waals surface area contributed by atoms with Crippen molar-refractivity contribution in [2.75, 3.05) is 13.1 Å². The maximum atomic E-state index is 12.1. The third-order valence-corrected chi connectivity index (χ3v) is 3.55. The summed E-state index contributed by atoms with van der Waals surface area (Å²) in [6.07, 6.45) is 4.43. The minimum absolute atomic E-state index is 0.0186. The van der Waals surface area contributed by atoms with Crippen LogP contribution in [0.25, 0.3) is 0 Å². The van der Waals surface area contributed by atoms with Crippen LogP contribution in [0.2, 0.25) is 0 Å². The molecule has 96 valence electrons. The molecule has 1 fully saturated rings. The van der Waals surface area contributed by atoms with Crippen LogP contribution in [0.4, 0.5) is 0 Å². The van der Waals surface area contributed by atoms with Gasteiger partial charge in [0.15, 0.2) is 5.78 Å². The topological polar surface area (TPSA) is 50.3 Å². The van der Waals surface area contributed by atoms with Crippen LogP contribution in [0.5, 0.6) is 0 Å². The van der Waals surface area contributed by atoms with Crippen LogP contribution in [-0.4, -0.2) is 34.7 Å². The molecule has 1 aliphatic heterocycles. The van der Waals surface area contributed by atoms with Gasteiger partial charge in [0.1, 0.15) is 0 Å². The average Bonchev–Trinajstić information content (AvgIpc) is 2.34. The summed E-state index contributed by atoms with van der Waals surface area (Å²) in [5.74, 6) is 0.168. The van der Waals surface area contributed by atoms with Gasteiger partial charge in [0.2, 0.25) is 5.91 Å². The number of amides is 1. The first kappa shape index (κ1) is 12.7. The zero-order valence-corrected chi connectivity index (χ0v) is 10.8. The molecular formula is C14H18N2O2. The fourth-order valence-electron chi connectivity index (χ4n) is 2.02. The molecule has 2 heterocycles. The first-order valence-electron chi connectivity index (χ1n) is 6.19. The van der Waals surface area contributed by atoms with E-state index in [2.05, 4.69) is 4.98 Å². The van der Waals surface area contributed by atoms with Gasteiger partial charge >= 0.3 is 0 Å². The monoisotopic (exact) mass is 246 g/mol. The number of carbonyl (C=O) groups is 2. The second-order valence-corrected chi connectivity index (χ2v) is 5.40. The van der Waals surface area contributed by atoms with Crippen LogP contribution in [0.1, 0.15) is 25.8 Å². The predicted octanol–water partition coefficient (Wildman–Crippen LogP) is 1.45. The van der Waals surface area contributed by atoms with Crippen molar-refractivity contribution in [2.45, 2.75) is 26.7 Å². The van der Waals surface area contributed by atoms with Gasteiger partial charge in [-0.2, -0.15) is 0 Å². The smallest absolute Gasteiger partial charge is 0.227 e. The number of Topliss-reactive ketones (excluding diaryl/α,β-unsaturated/α-hetero) is 1. The number of hydrogen-bond acceptors (Lipinski definition) is 3. The number of aromatic nitrogens is 1. The van der Waals surface area contributed by atoms with E-state index in [1.807, 2.05) is 26.0 Å². The Morgan fingerprint density at radius 3 is 2.67 bits per heavy atom. The van der Waals surface area contributed by atoms with E-state index < -0.39 is 0 Å². The normalized spacial score (nSPS) is 18.8.